The van der Waals surface area contributed by atoms with Crippen LogP contribution < -0.4 is 4.74 Å². The highest BCUT2D eigenvalue weighted by molar-refractivity contribution is 5.93. The predicted molar refractivity (Wildman–Crippen MR) is 75.4 cm³/mol. The van der Waals surface area contributed by atoms with E-state index in [9.17, 15) is 5.11 Å². The van der Waals surface area contributed by atoms with Crippen molar-refractivity contribution >= 4 is 10.8 Å². The van der Waals surface area contributed by atoms with E-state index < -0.39 is 0 Å². The Hall–Kier alpha value is -1.70. The molecular weight excluding hydrogens is 224 g/mol. The van der Waals surface area contributed by atoms with Crippen molar-refractivity contribution in [1.29, 1.82) is 0 Å². The smallest absolute Gasteiger partial charge is 0.126 e. The maximum atomic E-state index is 10.3. The average molecular weight is 244 g/mol. The van der Waals surface area contributed by atoms with Crippen molar-refractivity contribution in [2.45, 2.75) is 32.6 Å². The molecule has 0 heterocycles. The number of unbranched alkanes of at least 4 members (excludes halogenated alkanes) is 2. The van der Waals surface area contributed by atoms with Crippen LogP contribution in [0.25, 0.3) is 10.8 Å². The Morgan fingerprint density at radius 2 is 1.89 bits per heavy atom. The largest absolute Gasteiger partial charge is 0.507 e. The quantitative estimate of drug-likeness (QED) is 0.795. The molecule has 0 fully saturated rings. The molecule has 0 saturated heterocycles. The lowest BCUT2D eigenvalue weighted by Crippen LogP contribution is -1.90. The van der Waals surface area contributed by atoms with Gasteiger partial charge in [0.2, 0.25) is 0 Å². The second-order valence-corrected chi connectivity index (χ2v) is 4.59. The maximum Gasteiger partial charge on any atom is 0.126 e. The number of hydrogen-bond acceptors (Lipinski definition) is 2. The van der Waals surface area contributed by atoms with E-state index >= 15 is 0 Å². The first kappa shape index (κ1) is 12.7. The minimum absolute atomic E-state index is 0.405. The van der Waals surface area contributed by atoms with Gasteiger partial charge < -0.3 is 9.84 Å². The third-order valence-electron chi connectivity index (χ3n) is 3.35. The molecule has 0 bridgehead atoms. The summed E-state index contributed by atoms with van der Waals surface area (Å²) in [5, 5.41) is 12.2. The summed E-state index contributed by atoms with van der Waals surface area (Å²) in [7, 11) is 1.65. The van der Waals surface area contributed by atoms with Crippen LogP contribution in [-0.4, -0.2) is 12.2 Å². The molecule has 0 amide bonds. The van der Waals surface area contributed by atoms with Gasteiger partial charge in [0, 0.05) is 10.8 Å². The number of aryl methyl sites for hydroxylation is 1. The highest BCUT2D eigenvalue weighted by atomic mass is 16.5. The zero-order valence-corrected chi connectivity index (χ0v) is 11.1. The van der Waals surface area contributed by atoms with Crippen molar-refractivity contribution in [2.75, 3.05) is 7.11 Å². The zero-order valence-electron chi connectivity index (χ0n) is 11.1. The second-order valence-electron chi connectivity index (χ2n) is 4.59. The Labute approximate surface area is 108 Å². The first-order valence-electron chi connectivity index (χ1n) is 6.55. The van der Waals surface area contributed by atoms with Gasteiger partial charge in [-0.05, 0) is 24.5 Å². The van der Waals surface area contributed by atoms with Gasteiger partial charge >= 0.3 is 0 Å². The fourth-order valence-corrected chi connectivity index (χ4v) is 2.30. The van der Waals surface area contributed by atoms with Crippen LogP contribution in [0.3, 0.4) is 0 Å². The summed E-state index contributed by atoms with van der Waals surface area (Å²) < 4.78 is 5.31. The van der Waals surface area contributed by atoms with Gasteiger partial charge in [-0.3, -0.25) is 0 Å². The number of fused-ring (bicyclic) bond motifs is 1. The van der Waals surface area contributed by atoms with E-state index in [2.05, 4.69) is 6.92 Å². The van der Waals surface area contributed by atoms with Gasteiger partial charge in [0.25, 0.3) is 0 Å². The summed E-state index contributed by atoms with van der Waals surface area (Å²) in [5.41, 5.74) is 1.03. The number of hydrogen-bond donors (Lipinski definition) is 1. The number of benzene rings is 2. The standard InChI is InChI=1S/C16H20O2/c1-3-4-5-7-12-10-11-13-14(16(12)17)8-6-9-15(13)18-2/h6,8-11,17H,3-5,7H2,1-2H3. The molecule has 0 saturated carbocycles. The first-order valence-corrected chi connectivity index (χ1v) is 6.55. The minimum Gasteiger partial charge on any atom is -0.507 e. The summed E-state index contributed by atoms with van der Waals surface area (Å²) in [6.07, 6.45) is 4.46. The lowest BCUT2D eigenvalue weighted by molar-refractivity contribution is 0.419. The van der Waals surface area contributed by atoms with Gasteiger partial charge in [0.05, 0.1) is 7.11 Å². The van der Waals surface area contributed by atoms with Crippen molar-refractivity contribution in [2.24, 2.45) is 0 Å². The second kappa shape index (κ2) is 5.76. The van der Waals surface area contributed by atoms with Crippen molar-refractivity contribution in [1.82, 2.24) is 0 Å². The average Bonchev–Trinajstić information content (AvgIpc) is 2.41. The lowest BCUT2D eigenvalue weighted by atomic mass is 10.0. The number of phenols is 1. The molecule has 0 aliphatic rings. The Kier molecular flexibility index (Phi) is 4.08. The fraction of sp³-hybridized carbons (Fsp3) is 0.375. The monoisotopic (exact) mass is 244 g/mol. The molecule has 0 aliphatic heterocycles. The van der Waals surface area contributed by atoms with Gasteiger partial charge in [-0.1, -0.05) is 44.0 Å². The Morgan fingerprint density at radius 3 is 2.61 bits per heavy atom. The summed E-state index contributed by atoms with van der Waals surface area (Å²) in [6.45, 7) is 2.19. The van der Waals surface area contributed by atoms with E-state index in [0.29, 0.717) is 5.75 Å². The van der Waals surface area contributed by atoms with Gasteiger partial charge in [-0.15, -0.1) is 0 Å². The molecular formula is C16H20O2. The Balaban J connectivity index is 2.38. The van der Waals surface area contributed by atoms with Crippen LogP contribution >= 0.6 is 0 Å². The molecule has 0 radical (unpaired) electrons. The topological polar surface area (TPSA) is 29.5 Å². The van der Waals surface area contributed by atoms with E-state index in [1.165, 1.54) is 12.8 Å². The number of aromatic hydroxyl groups is 1. The molecule has 1 N–H and O–H groups in total. The van der Waals surface area contributed by atoms with Crippen molar-refractivity contribution in [3.05, 3.63) is 35.9 Å². The van der Waals surface area contributed by atoms with E-state index in [1.54, 1.807) is 7.11 Å². The van der Waals surface area contributed by atoms with Crippen LogP contribution in [0, 0.1) is 0 Å². The maximum absolute atomic E-state index is 10.3. The predicted octanol–water partition coefficient (Wildman–Crippen LogP) is 4.29. The minimum atomic E-state index is 0.405. The molecule has 0 atom stereocenters. The Morgan fingerprint density at radius 1 is 1.06 bits per heavy atom. The van der Waals surface area contributed by atoms with Crippen molar-refractivity contribution in [3.63, 3.8) is 0 Å². The van der Waals surface area contributed by atoms with E-state index in [-0.39, 0.29) is 0 Å². The SMILES string of the molecule is CCCCCc1ccc2c(OC)cccc2c1O. The number of rotatable bonds is 5. The van der Waals surface area contributed by atoms with Gasteiger partial charge in [0.1, 0.15) is 11.5 Å². The van der Waals surface area contributed by atoms with Gasteiger partial charge in [-0.2, -0.15) is 0 Å². The first-order chi connectivity index (χ1) is 8.77. The molecule has 18 heavy (non-hydrogen) atoms. The van der Waals surface area contributed by atoms with Crippen molar-refractivity contribution in [3.8, 4) is 11.5 Å². The molecule has 2 nitrogen and oxygen atoms in total. The van der Waals surface area contributed by atoms with Gasteiger partial charge in [-0.25, -0.2) is 0 Å². The highest BCUT2D eigenvalue weighted by Gasteiger charge is 2.08. The highest BCUT2D eigenvalue weighted by Crippen LogP contribution is 2.34. The zero-order chi connectivity index (χ0) is 13.0. The molecule has 0 aromatic heterocycles. The van der Waals surface area contributed by atoms with Crippen LogP contribution in [0.2, 0.25) is 0 Å². The molecule has 2 heteroatoms. The summed E-state index contributed by atoms with van der Waals surface area (Å²) in [4.78, 5) is 0. The number of ether oxygens (including phenoxy) is 1. The molecule has 2 rings (SSSR count). The summed E-state index contributed by atoms with van der Waals surface area (Å²) in [5.74, 6) is 1.21. The van der Waals surface area contributed by atoms with E-state index in [0.717, 1.165) is 34.9 Å². The number of phenolic OH excluding ortho intramolecular Hbond substituents is 1. The van der Waals surface area contributed by atoms with E-state index in [4.69, 9.17) is 4.74 Å². The van der Waals surface area contributed by atoms with Gasteiger partial charge in [0.15, 0.2) is 0 Å². The van der Waals surface area contributed by atoms with Crippen molar-refractivity contribution < 1.29 is 9.84 Å². The third-order valence-corrected chi connectivity index (χ3v) is 3.35. The van der Waals surface area contributed by atoms with Crippen LogP contribution in [-0.2, 0) is 6.42 Å². The van der Waals surface area contributed by atoms with Crippen LogP contribution in [0.5, 0.6) is 11.5 Å². The van der Waals surface area contributed by atoms with Crippen LogP contribution in [0.15, 0.2) is 30.3 Å². The molecule has 2 aromatic carbocycles. The third kappa shape index (κ3) is 2.42. The molecule has 2 aromatic rings. The Bertz CT molecular complexity index is 532. The molecule has 96 valence electrons. The normalized spacial score (nSPS) is 10.8. The fourth-order valence-electron chi connectivity index (χ4n) is 2.30. The molecule has 0 unspecified atom stereocenters. The summed E-state index contributed by atoms with van der Waals surface area (Å²) >= 11 is 0. The lowest BCUT2D eigenvalue weighted by Gasteiger charge is -2.10. The molecule has 0 aliphatic carbocycles. The van der Waals surface area contributed by atoms with Crippen LogP contribution in [0.4, 0.5) is 0 Å². The molecule has 0 spiro atoms. The van der Waals surface area contributed by atoms with E-state index in [1.807, 2.05) is 30.3 Å². The van der Waals surface area contributed by atoms with Crippen LogP contribution in [0.1, 0.15) is 31.7 Å². The summed E-state index contributed by atoms with van der Waals surface area (Å²) in [6, 6.07) is 9.82. The number of methoxy groups -OCH3 is 1.